The van der Waals surface area contributed by atoms with Crippen LogP contribution in [0.5, 0.6) is 0 Å². The number of aryl methyl sites for hydroxylation is 1. The Kier molecular flexibility index (Phi) is 4.25. The molecule has 0 bridgehead atoms. The molecule has 0 amide bonds. The fraction of sp³-hybridized carbons (Fsp3) is 0.294. The molecule has 0 saturated heterocycles. The van der Waals surface area contributed by atoms with Gasteiger partial charge in [-0.2, -0.15) is 5.10 Å². The van der Waals surface area contributed by atoms with Gasteiger partial charge in [0.05, 0.1) is 22.0 Å². The molecule has 1 N–H and O–H groups in total. The third-order valence-electron chi connectivity index (χ3n) is 4.24. The van der Waals surface area contributed by atoms with Crippen LogP contribution in [0.3, 0.4) is 0 Å². The van der Waals surface area contributed by atoms with E-state index in [-0.39, 0.29) is 12.4 Å². The molecule has 23 heavy (non-hydrogen) atoms. The van der Waals surface area contributed by atoms with Gasteiger partial charge in [-0.05, 0) is 43.5 Å². The van der Waals surface area contributed by atoms with Gasteiger partial charge in [0.2, 0.25) is 0 Å². The summed E-state index contributed by atoms with van der Waals surface area (Å²) in [7, 11) is -0.965. The van der Waals surface area contributed by atoms with Gasteiger partial charge in [0.1, 0.15) is 0 Å². The predicted octanol–water partition coefficient (Wildman–Crippen LogP) is 3.97. The largest absolute Gasteiger partial charge is 0.281 e. The number of aromatic nitrogens is 3. The number of halogens is 1. The maximum absolute atomic E-state index is 11.7. The Labute approximate surface area is 143 Å². The molecular weight excluding hydrogens is 330 g/mol. The smallest absolute Gasteiger partial charge is 0.0961 e. The second kappa shape index (κ2) is 6.06. The highest BCUT2D eigenvalue weighted by molar-refractivity contribution is 7.84. The van der Waals surface area contributed by atoms with E-state index >= 15 is 0 Å². The molecule has 0 radical (unpaired) electrons. The highest BCUT2D eigenvalue weighted by atomic mass is 35.5. The number of aromatic amines is 1. The molecular formula is C17H18ClN3OS. The van der Waals surface area contributed by atoms with Gasteiger partial charge in [0, 0.05) is 39.9 Å². The second-order valence-corrected chi connectivity index (χ2v) is 7.25. The number of pyridine rings is 1. The Morgan fingerprint density at radius 3 is 2.70 bits per heavy atom. The van der Waals surface area contributed by atoms with Crippen LogP contribution in [-0.4, -0.2) is 25.6 Å². The number of nitrogens with zero attached hydrogens (tertiary/aromatic N) is 2. The monoisotopic (exact) mass is 347 g/mol. The highest BCUT2D eigenvalue weighted by Crippen LogP contribution is 2.43. The van der Waals surface area contributed by atoms with Crippen LogP contribution in [0, 0.1) is 6.92 Å². The minimum atomic E-state index is -0.965. The van der Waals surface area contributed by atoms with Crippen molar-refractivity contribution in [3.63, 3.8) is 0 Å². The molecule has 1 aliphatic rings. The molecule has 2 aromatic heterocycles. The summed E-state index contributed by atoms with van der Waals surface area (Å²) in [5, 5.41) is 8.75. The number of fused-ring (bicyclic) bond motifs is 1. The van der Waals surface area contributed by atoms with E-state index in [1.807, 2.05) is 25.1 Å². The first-order valence-corrected chi connectivity index (χ1v) is 8.98. The van der Waals surface area contributed by atoms with Crippen molar-refractivity contribution in [2.24, 2.45) is 0 Å². The molecule has 2 heterocycles. The zero-order valence-corrected chi connectivity index (χ0v) is 14.6. The average molecular weight is 348 g/mol. The van der Waals surface area contributed by atoms with Gasteiger partial charge in [0.25, 0.3) is 0 Å². The lowest BCUT2D eigenvalue weighted by molar-refractivity contribution is 0.686. The van der Waals surface area contributed by atoms with Crippen molar-refractivity contribution in [3.8, 4) is 11.3 Å². The molecule has 3 aromatic rings. The van der Waals surface area contributed by atoms with E-state index in [2.05, 4.69) is 21.2 Å². The highest BCUT2D eigenvalue weighted by Gasteiger charge is 2.29. The minimum Gasteiger partial charge on any atom is -0.281 e. The molecule has 4 rings (SSSR count). The fourth-order valence-electron chi connectivity index (χ4n) is 2.99. The van der Waals surface area contributed by atoms with E-state index in [0.29, 0.717) is 5.92 Å². The first-order chi connectivity index (χ1) is 10.6. The second-order valence-electron chi connectivity index (χ2n) is 5.90. The molecule has 0 aliphatic heterocycles. The lowest BCUT2D eigenvalue weighted by Crippen LogP contribution is -1.94. The van der Waals surface area contributed by atoms with Crippen molar-refractivity contribution in [3.05, 3.63) is 41.7 Å². The molecule has 6 heteroatoms. The summed E-state index contributed by atoms with van der Waals surface area (Å²) in [4.78, 5) is 5.48. The number of hydrogen-bond acceptors (Lipinski definition) is 3. The number of rotatable bonds is 3. The van der Waals surface area contributed by atoms with Crippen molar-refractivity contribution in [2.75, 3.05) is 6.26 Å². The van der Waals surface area contributed by atoms with E-state index in [4.69, 9.17) is 0 Å². The molecule has 1 saturated carbocycles. The van der Waals surface area contributed by atoms with Crippen molar-refractivity contribution in [1.29, 1.82) is 0 Å². The van der Waals surface area contributed by atoms with E-state index < -0.39 is 10.8 Å². The van der Waals surface area contributed by atoms with E-state index in [9.17, 15) is 4.21 Å². The summed E-state index contributed by atoms with van der Waals surface area (Å²) in [6.45, 7) is 2.00. The number of hydrogen-bond donors (Lipinski definition) is 1. The first kappa shape index (κ1) is 16.1. The molecule has 1 unspecified atom stereocenters. The summed E-state index contributed by atoms with van der Waals surface area (Å²) < 4.78 is 11.7. The van der Waals surface area contributed by atoms with E-state index in [0.717, 1.165) is 32.6 Å². The average Bonchev–Trinajstić information content (AvgIpc) is 3.25. The third-order valence-corrected chi connectivity index (χ3v) is 5.32. The molecule has 4 nitrogen and oxygen atoms in total. The van der Waals surface area contributed by atoms with Crippen molar-refractivity contribution in [2.45, 2.75) is 30.6 Å². The zero-order valence-electron chi connectivity index (χ0n) is 13.0. The molecule has 120 valence electrons. The van der Waals surface area contributed by atoms with Crippen LogP contribution in [0.4, 0.5) is 0 Å². The molecule has 0 spiro atoms. The van der Waals surface area contributed by atoms with Crippen LogP contribution in [0.25, 0.3) is 22.2 Å². The molecule has 1 aromatic carbocycles. The summed E-state index contributed by atoms with van der Waals surface area (Å²) >= 11 is 0. The Bertz CT molecular complexity index is 902. The fourth-order valence-corrected chi connectivity index (χ4v) is 3.76. The van der Waals surface area contributed by atoms with Crippen molar-refractivity contribution >= 4 is 34.1 Å². The van der Waals surface area contributed by atoms with Crippen LogP contribution < -0.4 is 0 Å². The van der Waals surface area contributed by atoms with E-state index in [1.54, 1.807) is 12.5 Å². The van der Waals surface area contributed by atoms with Crippen LogP contribution in [0.1, 0.15) is 30.0 Å². The number of nitrogens with one attached hydrogen (secondary N) is 1. The summed E-state index contributed by atoms with van der Waals surface area (Å²) in [5.74, 6) is 0.594. The van der Waals surface area contributed by atoms with Gasteiger partial charge in [0.15, 0.2) is 0 Å². The number of H-pyrrole nitrogens is 1. The van der Waals surface area contributed by atoms with Crippen molar-refractivity contribution in [1.82, 2.24) is 15.2 Å². The number of benzene rings is 1. The van der Waals surface area contributed by atoms with Crippen LogP contribution >= 0.6 is 12.4 Å². The lowest BCUT2D eigenvalue weighted by Gasteiger charge is -2.08. The van der Waals surface area contributed by atoms with Gasteiger partial charge in [-0.25, -0.2) is 0 Å². The normalized spacial score (nSPS) is 15.4. The summed E-state index contributed by atoms with van der Waals surface area (Å²) in [6, 6.07) is 7.97. The standard InChI is InChI=1S/C17H17N3OS.ClH/c1-10-9-12(5-6-14(10)22(2)21)16-15-13(7-8-18-16)19-20-17(15)11-3-4-11;/h5-9,11H,3-4H2,1-2H3,(H,19,20);1H. The van der Waals surface area contributed by atoms with Gasteiger partial charge in [-0.1, -0.05) is 6.07 Å². The van der Waals surface area contributed by atoms with E-state index in [1.165, 1.54) is 18.5 Å². The van der Waals surface area contributed by atoms with Crippen LogP contribution in [-0.2, 0) is 10.8 Å². The topological polar surface area (TPSA) is 58.6 Å². The lowest BCUT2D eigenvalue weighted by atomic mass is 10.0. The van der Waals surface area contributed by atoms with Gasteiger partial charge in [-0.15, -0.1) is 12.4 Å². The summed E-state index contributed by atoms with van der Waals surface area (Å²) in [6.07, 6.45) is 5.95. The molecule has 1 atom stereocenters. The van der Waals surface area contributed by atoms with Gasteiger partial charge < -0.3 is 0 Å². The zero-order chi connectivity index (χ0) is 15.3. The SMILES string of the molecule is Cc1cc(-c2nccc3n[nH]c(C4CC4)c23)ccc1S(C)=O.Cl. The Hall–Kier alpha value is -1.72. The first-order valence-electron chi connectivity index (χ1n) is 7.42. The Morgan fingerprint density at radius 2 is 2.04 bits per heavy atom. The minimum absolute atomic E-state index is 0. The molecule has 1 aliphatic carbocycles. The third kappa shape index (κ3) is 2.79. The maximum atomic E-state index is 11.7. The molecule has 1 fully saturated rings. The quantitative estimate of drug-likeness (QED) is 0.779. The Balaban J connectivity index is 0.00000156. The maximum Gasteiger partial charge on any atom is 0.0961 e. The van der Waals surface area contributed by atoms with Crippen LogP contribution in [0.2, 0.25) is 0 Å². The Morgan fingerprint density at radius 1 is 1.26 bits per heavy atom. The van der Waals surface area contributed by atoms with Gasteiger partial charge >= 0.3 is 0 Å². The summed E-state index contributed by atoms with van der Waals surface area (Å²) in [5.41, 5.74) is 5.23. The van der Waals surface area contributed by atoms with Crippen LogP contribution in [0.15, 0.2) is 35.4 Å². The van der Waals surface area contributed by atoms with Gasteiger partial charge in [-0.3, -0.25) is 14.3 Å². The van der Waals surface area contributed by atoms with Crippen molar-refractivity contribution < 1.29 is 4.21 Å². The predicted molar refractivity (Wildman–Crippen MR) is 95.6 cm³/mol.